The fourth-order valence-electron chi connectivity index (χ4n) is 2.08. The third-order valence-electron chi connectivity index (χ3n) is 3.47. The van der Waals surface area contributed by atoms with Crippen molar-refractivity contribution in [3.8, 4) is 5.75 Å². The van der Waals surface area contributed by atoms with E-state index in [2.05, 4.69) is 5.32 Å². The summed E-state index contributed by atoms with van der Waals surface area (Å²) < 4.78 is 5.19. The molecule has 23 heavy (non-hydrogen) atoms. The van der Waals surface area contributed by atoms with Gasteiger partial charge in [0.25, 0.3) is 5.91 Å². The molecule has 0 aliphatic carbocycles. The first-order chi connectivity index (χ1) is 10.8. The Hall–Kier alpha value is -2.57. The quantitative estimate of drug-likeness (QED) is 0.782. The molecule has 7 heteroatoms. The second-order valence-electron chi connectivity index (χ2n) is 5.18. The zero-order chi connectivity index (χ0) is 17.6. The van der Waals surface area contributed by atoms with Crippen LogP contribution < -0.4 is 10.1 Å². The Morgan fingerprint density at radius 2 is 2.00 bits per heavy atom. The summed E-state index contributed by atoms with van der Waals surface area (Å²) in [6.07, 6.45) is 0. The molecule has 0 aliphatic rings. The number of aryl methyl sites for hydroxylation is 1. The van der Waals surface area contributed by atoms with Crippen molar-refractivity contribution >= 4 is 17.8 Å². The van der Waals surface area contributed by atoms with Crippen molar-refractivity contribution in [2.24, 2.45) is 0 Å². The van der Waals surface area contributed by atoms with Crippen molar-refractivity contribution in [1.29, 1.82) is 0 Å². The van der Waals surface area contributed by atoms with E-state index in [1.807, 2.05) is 6.92 Å². The number of amides is 2. The maximum atomic E-state index is 12.6. The zero-order valence-corrected chi connectivity index (χ0v) is 13.8. The van der Waals surface area contributed by atoms with Gasteiger partial charge in [0, 0.05) is 25.6 Å². The van der Waals surface area contributed by atoms with Crippen molar-refractivity contribution in [2.45, 2.75) is 26.8 Å². The predicted molar refractivity (Wildman–Crippen MR) is 84.5 cm³/mol. The lowest BCUT2D eigenvalue weighted by molar-refractivity contribution is -0.141. The van der Waals surface area contributed by atoms with E-state index in [0.717, 1.165) is 5.56 Å². The van der Waals surface area contributed by atoms with Crippen molar-refractivity contribution < 1.29 is 24.2 Å². The molecular formula is C16H22N2O5. The number of carboxylic acid groups (broad SMARTS) is 1. The molecule has 0 aliphatic heterocycles. The number of nitrogens with one attached hydrogen (secondary N) is 1. The predicted octanol–water partition coefficient (Wildman–Crippen LogP) is 1.06. The molecule has 126 valence electrons. The van der Waals surface area contributed by atoms with E-state index in [4.69, 9.17) is 4.74 Å². The smallest absolute Gasteiger partial charge is 0.326 e. The summed E-state index contributed by atoms with van der Waals surface area (Å²) in [4.78, 5) is 36.0. The van der Waals surface area contributed by atoms with Gasteiger partial charge in [0.15, 0.2) is 0 Å². The first-order valence-electron chi connectivity index (χ1n) is 7.20. The number of nitrogens with zero attached hydrogens (tertiary/aromatic N) is 1. The number of carboxylic acids is 1. The zero-order valence-electron chi connectivity index (χ0n) is 13.8. The van der Waals surface area contributed by atoms with Crippen LogP contribution in [0.3, 0.4) is 0 Å². The van der Waals surface area contributed by atoms with Crippen LogP contribution in [0.25, 0.3) is 0 Å². The highest BCUT2D eigenvalue weighted by molar-refractivity contribution is 5.97. The molecule has 0 saturated carbocycles. The van der Waals surface area contributed by atoms with Gasteiger partial charge < -0.3 is 20.1 Å². The number of methoxy groups -OCH3 is 1. The van der Waals surface area contributed by atoms with Gasteiger partial charge in [-0.3, -0.25) is 9.59 Å². The van der Waals surface area contributed by atoms with Crippen molar-refractivity contribution in [3.05, 3.63) is 29.3 Å². The number of aliphatic carboxylic acids is 1. The summed E-state index contributed by atoms with van der Waals surface area (Å²) >= 11 is 0. The van der Waals surface area contributed by atoms with E-state index >= 15 is 0 Å². The van der Waals surface area contributed by atoms with Crippen LogP contribution in [-0.2, 0) is 9.59 Å². The average molecular weight is 322 g/mol. The van der Waals surface area contributed by atoms with Crippen LogP contribution in [0.4, 0.5) is 0 Å². The number of hydrogen-bond donors (Lipinski definition) is 2. The number of carbonyl (C=O) groups excluding carboxylic acids is 2. The van der Waals surface area contributed by atoms with Crippen LogP contribution in [0.5, 0.6) is 5.75 Å². The van der Waals surface area contributed by atoms with Crippen LogP contribution in [0.2, 0.25) is 0 Å². The summed E-state index contributed by atoms with van der Waals surface area (Å²) in [5, 5.41) is 11.8. The Morgan fingerprint density at radius 3 is 2.52 bits per heavy atom. The van der Waals surface area contributed by atoms with Gasteiger partial charge in [0.2, 0.25) is 5.91 Å². The highest BCUT2D eigenvalue weighted by atomic mass is 16.5. The van der Waals surface area contributed by atoms with Gasteiger partial charge in [0.05, 0.1) is 7.11 Å². The largest absolute Gasteiger partial charge is 0.496 e. The highest BCUT2D eigenvalue weighted by Crippen LogP contribution is 2.20. The summed E-state index contributed by atoms with van der Waals surface area (Å²) in [5.74, 6) is -1.22. The molecule has 0 bridgehead atoms. The molecule has 1 unspecified atom stereocenters. The fraction of sp³-hybridized carbons (Fsp3) is 0.438. The molecule has 1 atom stereocenters. The minimum atomic E-state index is -1.11. The van der Waals surface area contributed by atoms with Gasteiger partial charge in [-0.2, -0.15) is 0 Å². The van der Waals surface area contributed by atoms with Crippen molar-refractivity contribution in [1.82, 2.24) is 10.2 Å². The van der Waals surface area contributed by atoms with E-state index in [1.54, 1.807) is 18.2 Å². The molecular weight excluding hydrogens is 300 g/mol. The van der Waals surface area contributed by atoms with Gasteiger partial charge >= 0.3 is 5.97 Å². The summed E-state index contributed by atoms with van der Waals surface area (Å²) in [5.41, 5.74) is 1.21. The van der Waals surface area contributed by atoms with Gasteiger partial charge in [-0.15, -0.1) is 0 Å². The van der Waals surface area contributed by atoms with Gasteiger partial charge in [-0.25, -0.2) is 4.79 Å². The van der Waals surface area contributed by atoms with Gasteiger partial charge in [0.1, 0.15) is 11.8 Å². The van der Waals surface area contributed by atoms with E-state index in [1.165, 1.54) is 25.9 Å². The maximum Gasteiger partial charge on any atom is 0.326 e. The lowest BCUT2D eigenvalue weighted by Crippen LogP contribution is -2.46. The topological polar surface area (TPSA) is 95.9 Å². The molecule has 1 aromatic carbocycles. The number of carbonyl (C=O) groups is 3. The molecule has 2 amide bonds. The molecule has 0 heterocycles. The molecule has 0 radical (unpaired) electrons. The molecule has 0 saturated heterocycles. The molecule has 0 fully saturated rings. The van der Waals surface area contributed by atoms with Crippen molar-refractivity contribution in [2.75, 3.05) is 20.2 Å². The van der Waals surface area contributed by atoms with Crippen LogP contribution >= 0.6 is 0 Å². The summed E-state index contributed by atoms with van der Waals surface area (Å²) in [6, 6.07) is 3.94. The van der Waals surface area contributed by atoms with Crippen LogP contribution in [0.15, 0.2) is 18.2 Å². The van der Waals surface area contributed by atoms with E-state index in [9.17, 15) is 19.5 Å². The second kappa shape index (κ2) is 8.17. The third kappa shape index (κ3) is 4.98. The van der Waals surface area contributed by atoms with E-state index < -0.39 is 17.9 Å². The molecule has 0 aromatic heterocycles. The number of rotatable bonds is 7. The van der Waals surface area contributed by atoms with E-state index in [0.29, 0.717) is 11.3 Å². The molecule has 1 rings (SSSR count). The lowest BCUT2D eigenvalue weighted by Gasteiger charge is -2.27. The average Bonchev–Trinajstić information content (AvgIpc) is 2.50. The second-order valence-corrected chi connectivity index (χ2v) is 5.18. The SMILES string of the molecule is COc1cc(C(=O)N(CCNC(C)=O)C(C)C(=O)O)ccc1C. The normalized spacial score (nSPS) is 11.5. The minimum Gasteiger partial charge on any atom is -0.496 e. The number of ether oxygens (including phenoxy) is 1. The Labute approximate surface area is 135 Å². The number of benzene rings is 1. The Morgan fingerprint density at radius 1 is 1.35 bits per heavy atom. The number of hydrogen-bond acceptors (Lipinski definition) is 4. The Balaban J connectivity index is 3.02. The fourth-order valence-corrected chi connectivity index (χ4v) is 2.08. The first kappa shape index (κ1) is 18.5. The first-order valence-corrected chi connectivity index (χ1v) is 7.20. The van der Waals surface area contributed by atoms with Gasteiger partial charge in [-0.1, -0.05) is 6.07 Å². The summed E-state index contributed by atoms with van der Waals surface area (Å²) in [7, 11) is 1.50. The molecule has 1 aromatic rings. The van der Waals surface area contributed by atoms with Crippen LogP contribution in [-0.4, -0.2) is 54.0 Å². The molecule has 0 spiro atoms. The maximum absolute atomic E-state index is 12.6. The van der Waals surface area contributed by atoms with Crippen LogP contribution in [0, 0.1) is 6.92 Å². The minimum absolute atomic E-state index is 0.0993. The standard InChI is InChI=1S/C16H22N2O5/c1-10-5-6-13(9-14(10)23-4)15(20)18(11(2)16(21)22)8-7-17-12(3)19/h5-6,9,11H,7-8H2,1-4H3,(H,17,19)(H,21,22). The highest BCUT2D eigenvalue weighted by Gasteiger charge is 2.26. The van der Waals surface area contributed by atoms with Gasteiger partial charge in [-0.05, 0) is 31.5 Å². The summed E-state index contributed by atoms with van der Waals surface area (Å²) in [6.45, 7) is 4.92. The lowest BCUT2D eigenvalue weighted by atomic mass is 10.1. The monoisotopic (exact) mass is 322 g/mol. The Bertz CT molecular complexity index is 600. The van der Waals surface area contributed by atoms with Crippen LogP contribution in [0.1, 0.15) is 29.8 Å². The molecule has 2 N–H and O–H groups in total. The Kier molecular flexibility index (Phi) is 6.56. The molecule has 7 nitrogen and oxygen atoms in total. The van der Waals surface area contributed by atoms with E-state index in [-0.39, 0.29) is 19.0 Å². The van der Waals surface area contributed by atoms with Crippen molar-refractivity contribution in [3.63, 3.8) is 0 Å². The third-order valence-corrected chi connectivity index (χ3v) is 3.47.